The number of hydrogen-bond acceptors (Lipinski definition) is 9. The number of likely N-dealkylation sites (N-methyl/N-ethyl adjacent to an activating group) is 1. The van der Waals surface area contributed by atoms with Crippen LogP contribution in [0.1, 0.15) is 37.1 Å². The molecule has 1 saturated heterocycles. The van der Waals surface area contributed by atoms with E-state index in [9.17, 15) is 14.7 Å². The lowest BCUT2D eigenvalue weighted by Gasteiger charge is -2.27. The van der Waals surface area contributed by atoms with Crippen LogP contribution in [0.3, 0.4) is 0 Å². The second kappa shape index (κ2) is 11.7. The van der Waals surface area contributed by atoms with E-state index in [1.807, 2.05) is 13.0 Å². The number of carboxylic acid groups (broad SMARTS) is 1. The van der Waals surface area contributed by atoms with Gasteiger partial charge in [0.1, 0.15) is 23.7 Å². The van der Waals surface area contributed by atoms with Gasteiger partial charge in [-0.1, -0.05) is 5.21 Å². The molecule has 12 heteroatoms. The standard InChI is InChI=1S/C24H34N6O6/c1-15-21(36-18-6-4-5-16(11-18)23(31)32)8-7-19(26-15)22-20(30(3)28-27-22)14-35-24(33)29(2)12-17-13-34-10-9-25-17/h7-8,16-18,25H,4-6,9-14H2,1-3H3,(H,31,32)/t16-,17?,18-/m0/s1. The van der Waals surface area contributed by atoms with Gasteiger partial charge in [-0.25, -0.2) is 14.5 Å². The minimum Gasteiger partial charge on any atom is -0.489 e. The van der Waals surface area contributed by atoms with Gasteiger partial charge in [-0.2, -0.15) is 0 Å². The maximum atomic E-state index is 12.5. The van der Waals surface area contributed by atoms with Gasteiger partial charge in [-0.3, -0.25) is 4.79 Å². The Morgan fingerprint density at radius 1 is 1.33 bits per heavy atom. The number of nitrogens with zero attached hydrogens (tertiary/aromatic N) is 5. The van der Waals surface area contributed by atoms with Crippen molar-refractivity contribution in [1.82, 2.24) is 30.2 Å². The summed E-state index contributed by atoms with van der Waals surface area (Å²) < 4.78 is 18.6. The molecule has 1 aliphatic heterocycles. The molecule has 0 spiro atoms. The van der Waals surface area contributed by atoms with Gasteiger partial charge in [-0.15, -0.1) is 5.10 Å². The van der Waals surface area contributed by atoms with Crippen molar-refractivity contribution in [2.24, 2.45) is 13.0 Å². The van der Waals surface area contributed by atoms with Crippen molar-refractivity contribution < 1.29 is 28.9 Å². The molecule has 0 aromatic carbocycles. The van der Waals surface area contributed by atoms with Crippen LogP contribution in [0.25, 0.3) is 11.4 Å². The van der Waals surface area contributed by atoms with Crippen LogP contribution in [0.2, 0.25) is 0 Å². The first-order chi connectivity index (χ1) is 17.3. The van der Waals surface area contributed by atoms with Crippen LogP contribution >= 0.6 is 0 Å². The van der Waals surface area contributed by atoms with E-state index < -0.39 is 12.1 Å². The van der Waals surface area contributed by atoms with Crippen molar-refractivity contribution in [3.8, 4) is 17.1 Å². The fourth-order valence-corrected chi connectivity index (χ4v) is 4.58. The Morgan fingerprint density at radius 2 is 2.17 bits per heavy atom. The maximum Gasteiger partial charge on any atom is 0.409 e. The van der Waals surface area contributed by atoms with Crippen molar-refractivity contribution in [3.05, 3.63) is 23.5 Å². The van der Waals surface area contributed by atoms with E-state index in [2.05, 4.69) is 20.6 Å². The number of aliphatic carboxylic acids is 1. The van der Waals surface area contributed by atoms with Crippen molar-refractivity contribution >= 4 is 12.1 Å². The Bertz CT molecular complexity index is 1070. The number of carbonyl (C=O) groups excluding carboxylic acids is 1. The number of rotatable bonds is 8. The van der Waals surface area contributed by atoms with Crippen LogP contribution < -0.4 is 10.1 Å². The largest absolute Gasteiger partial charge is 0.489 e. The van der Waals surface area contributed by atoms with E-state index >= 15 is 0 Å². The minimum atomic E-state index is -0.768. The molecule has 2 aromatic heterocycles. The van der Waals surface area contributed by atoms with Crippen LogP contribution in [0.4, 0.5) is 4.79 Å². The molecule has 2 aromatic rings. The third-order valence-electron chi connectivity index (χ3n) is 6.63. The number of ether oxygens (including phenoxy) is 3. The number of amides is 1. The number of pyridine rings is 1. The minimum absolute atomic E-state index is 0.00572. The Morgan fingerprint density at radius 3 is 2.89 bits per heavy atom. The van der Waals surface area contributed by atoms with Gasteiger partial charge >= 0.3 is 12.1 Å². The summed E-state index contributed by atoms with van der Waals surface area (Å²) in [6.07, 6.45) is 2.23. The lowest BCUT2D eigenvalue weighted by Crippen LogP contribution is -2.48. The SMILES string of the molecule is Cc1nc(-c2nnn(C)c2COC(=O)N(C)CC2COCCN2)ccc1O[C@H]1CCC[C@H](C(=O)O)C1. The highest BCUT2D eigenvalue weighted by Crippen LogP contribution is 2.30. The van der Waals surface area contributed by atoms with E-state index in [1.165, 1.54) is 4.90 Å². The number of carboxylic acids is 1. The van der Waals surface area contributed by atoms with Gasteiger partial charge in [-0.05, 0) is 44.7 Å². The van der Waals surface area contributed by atoms with Crippen LogP contribution in [0, 0.1) is 12.8 Å². The summed E-state index contributed by atoms with van der Waals surface area (Å²) in [5, 5.41) is 21.0. The van der Waals surface area contributed by atoms with Crippen molar-refractivity contribution in [1.29, 1.82) is 0 Å². The quantitative estimate of drug-likeness (QED) is 0.548. The first kappa shape index (κ1) is 25.8. The third kappa shape index (κ3) is 6.30. The van der Waals surface area contributed by atoms with Crippen LogP contribution in [-0.4, -0.2) is 87.5 Å². The molecule has 3 atom stereocenters. The summed E-state index contributed by atoms with van der Waals surface area (Å²) in [6.45, 7) is 4.30. The summed E-state index contributed by atoms with van der Waals surface area (Å²) in [6, 6.07) is 3.68. The molecule has 1 amide bonds. The summed E-state index contributed by atoms with van der Waals surface area (Å²) in [5.74, 6) is -0.517. The van der Waals surface area contributed by atoms with Crippen LogP contribution in [0.5, 0.6) is 5.75 Å². The van der Waals surface area contributed by atoms with Gasteiger partial charge < -0.3 is 29.5 Å². The zero-order valence-electron chi connectivity index (χ0n) is 21.0. The molecule has 196 valence electrons. The van der Waals surface area contributed by atoms with E-state index in [-0.39, 0.29) is 24.7 Å². The zero-order chi connectivity index (χ0) is 25.7. The second-order valence-corrected chi connectivity index (χ2v) is 9.39. The fourth-order valence-electron chi connectivity index (χ4n) is 4.58. The van der Waals surface area contributed by atoms with E-state index in [4.69, 9.17) is 14.2 Å². The second-order valence-electron chi connectivity index (χ2n) is 9.39. The molecular weight excluding hydrogens is 468 g/mol. The molecule has 12 nitrogen and oxygen atoms in total. The smallest absolute Gasteiger partial charge is 0.409 e. The van der Waals surface area contributed by atoms with Gasteiger partial charge in [0, 0.05) is 33.2 Å². The lowest BCUT2D eigenvalue weighted by atomic mass is 9.87. The monoisotopic (exact) mass is 502 g/mol. The molecule has 1 aliphatic carbocycles. The molecular formula is C24H34N6O6. The number of hydrogen-bond donors (Lipinski definition) is 2. The van der Waals surface area contributed by atoms with E-state index in [0.717, 1.165) is 19.4 Å². The fraction of sp³-hybridized carbons (Fsp3) is 0.625. The number of aryl methyl sites for hydroxylation is 2. The van der Waals surface area contributed by atoms with Crippen LogP contribution in [0.15, 0.2) is 12.1 Å². The number of carbonyl (C=O) groups is 2. The van der Waals surface area contributed by atoms with Gasteiger partial charge in [0.15, 0.2) is 0 Å². The lowest BCUT2D eigenvalue weighted by molar-refractivity contribution is -0.143. The number of aromatic nitrogens is 4. The Balaban J connectivity index is 1.38. The highest BCUT2D eigenvalue weighted by atomic mass is 16.6. The first-order valence-electron chi connectivity index (χ1n) is 12.3. The highest BCUT2D eigenvalue weighted by molar-refractivity contribution is 5.70. The summed E-state index contributed by atoms with van der Waals surface area (Å²) in [7, 11) is 3.43. The Hall–Kier alpha value is -3.25. The predicted molar refractivity (Wildman–Crippen MR) is 128 cm³/mol. The molecule has 2 aliphatic rings. The van der Waals surface area contributed by atoms with Crippen LogP contribution in [-0.2, 0) is 27.9 Å². The normalized spacial score (nSPS) is 22.1. The summed E-state index contributed by atoms with van der Waals surface area (Å²) in [5.41, 5.74) is 2.39. The van der Waals surface area contributed by atoms with E-state index in [1.54, 1.807) is 24.8 Å². The average molecular weight is 503 g/mol. The molecule has 1 saturated carbocycles. The number of nitrogens with one attached hydrogen (secondary N) is 1. The van der Waals surface area contributed by atoms with Gasteiger partial charge in [0.2, 0.25) is 0 Å². The molecule has 0 bridgehead atoms. The molecule has 0 radical (unpaired) electrons. The molecule has 4 rings (SSSR count). The van der Waals surface area contributed by atoms with E-state index in [0.29, 0.717) is 61.1 Å². The average Bonchev–Trinajstić information content (AvgIpc) is 3.24. The number of morpholine rings is 1. The highest BCUT2D eigenvalue weighted by Gasteiger charge is 2.29. The van der Waals surface area contributed by atoms with Gasteiger partial charge in [0.05, 0.1) is 36.6 Å². The summed E-state index contributed by atoms with van der Waals surface area (Å²) in [4.78, 5) is 30.1. The third-order valence-corrected chi connectivity index (χ3v) is 6.63. The summed E-state index contributed by atoms with van der Waals surface area (Å²) >= 11 is 0. The Labute approximate surface area is 209 Å². The Kier molecular flexibility index (Phi) is 8.36. The molecule has 36 heavy (non-hydrogen) atoms. The topological polar surface area (TPSA) is 141 Å². The molecule has 2 fully saturated rings. The van der Waals surface area contributed by atoms with Crippen molar-refractivity contribution in [2.45, 2.75) is 51.4 Å². The first-order valence-corrected chi connectivity index (χ1v) is 12.3. The van der Waals surface area contributed by atoms with Crippen molar-refractivity contribution in [3.63, 3.8) is 0 Å². The maximum absolute atomic E-state index is 12.5. The molecule has 1 unspecified atom stereocenters. The predicted octanol–water partition coefficient (Wildman–Crippen LogP) is 1.76. The van der Waals surface area contributed by atoms with Crippen molar-refractivity contribution in [2.75, 3.05) is 33.4 Å². The van der Waals surface area contributed by atoms with Gasteiger partial charge in [0.25, 0.3) is 0 Å². The molecule has 2 N–H and O–H groups in total. The molecule has 3 heterocycles. The zero-order valence-corrected chi connectivity index (χ0v) is 21.0.